The number of ether oxygens (including phenoxy) is 1. The van der Waals surface area contributed by atoms with Crippen molar-refractivity contribution in [1.82, 2.24) is 20.1 Å². The normalized spacial score (nSPS) is 11.0. The highest BCUT2D eigenvalue weighted by Gasteiger charge is 2.12. The number of fused-ring (bicyclic) bond motifs is 1. The van der Waals surface area contributed by atoms with E-state index in [2.05, 4.69) is 15.4 Å². The summed E-state index contributed by atoms with van der Waals surface area (Å²) in [7, 11) is 3.50. The summed E-state index contributed by atoms with van der Waals surface area (Å²) < 4.78 is 12.8. The van der Waals surface area contributed by atoms with Crippen molar-refractivity contribution in [2.75, 3.05) is 7.11 Å². The molecule has 2 aromatic carbocycles. The van der Waals surface area contributed by atoms with Gasteiger partial charge in [0, 0.05) is 37.3 Å². The van der Waals surface area contributed by atoms with Crippen LogP contribution in [-0.2, 0) is 20.0 Å². The molecule has 0 saturated heterocycles. The largest absolute Gasteiger partial charge is 0.497 e. The molecule has 0 saturated carbocycles. The zero-order chi connectivity index (χ0) is 20.4. The van der Waals surface area contributed by atoms with E-state index in [1.54, 1.807) is 30.0 Å². The molecule has 7 nitrogen and oxygen atoms in total. The average Bonchev–Trinajstić information content (AvgIpc) is 3.27. The van der Waals surface area contributed by atoms with Gasteiger partial charge >= 0.3 is 0 Å². The van der Waals surface area contributed by atoms with Crippen LogP contribution in [0.4, 0.5) is 0 Å². The maximum atomic E-state index is 12.5. The minimum absolute atomic E-state index is 0.164. The van der Waals surface area contributed by atoms with Crippen LogP contribution in [0.3, 0.4) is 0 Å². The molecule has 0 aliphatic rings. The lowest BCUT2D eigenvalue weighted by Crippen LogP contribution is -2.22. The maximum Gasteiger partial charge on any atom is 0.251 e. The van der Waals surface area contributed by atoms with Crippen LogP contribution in [0.25, 0.3) is 11.1 Å². The SMILES string of the molecule is COc1ccc(Cc2nc3ccc(C(=O)NCc4cn(C)nc4C)cc3o2)cc1. The zero-order valence-corrected chi connectivity index (χ0v) is 16.6. The Morgan fingerprint density at radius 3 is 2.69 bits per heavy atom. The molecule has 0 fully saturated rings. The van der Waals surface area contributed by atoms with Crippen LogP contribution >= 0.6 is 0 Å². The number of carbonyl (C=O) groups excluding carboxylic acids is 1. The second-order valence-electron chi connectivity index (χ2n) is 6.91. The van der Waals surface area contributed by atoms with Gasteiger partial charge in [0.2, 0.25) is 0 Å². The molecule has 148 valence electrons. The van der Waals surface area contributed by atoms with Gasteiger partial charge in [0.05, 0.1) is 12.8 Å². The molecule has 0 unspecified atom stereocenters. The molecule has 2 aromatic heterocycles. The quantitative estimate of drug-likeness (QED) is 0.546. The van der Waals surface area contributed by atoms with Crippen molar-refractivity contribution in [3.8, 4) is 5.75 Å². The predicted octanol–water partition coefficient (Wildman–Crippen LogP) is 3.40. The monoisotopic (exact) mass is 390 g/mol. The number of oxazole rings is 1. The van der Waals surface area contributed by atoms with Crippen LogP contribution in [0.5, 0.6) is 5.75 Å². The van der Waals surface area contributed by atoms with Crippen LogP contribution < -0.4 is 10.1 Å². The molecular weight excluding hydrogens is 368 g/mol. The zero-order valence-electron chi connectivity index (χ0n) is 16.6. The molecule has 0 atom stereocenters. The van der Waals surface area contributed by atoms with Gasteiger partial charge < -0.3 is 14.5 Å². The number of nitrogens with one attached hydrogen (secondary N) is 1. The molecule has 0 radical (unpaired) electrons. The summed E-state index contributed by atoms with van der Waals surface area (Å²) in [5.74, 6) is 1.25. The van der Waals surface area contributed by atoms with Gasteiger partial charge in [-0.1, -0.05) is 12.1 Å². The summed E-state index contributed by atoms with van der Waals surface area (Å²) in [6.07, 6.45) is 2.47. The minimum atomic E-state index is -0.164. The molecule has 1 N–H and O–H groups in total. The van der Waals surface area contributed by atoms with Gasteiger partial charge in [-0.2, -0.15) is 5.10 Å². The Bertz CT molecular complexity index is 1160. The van der Waals surface area contributed by atoms with E-state index in [1.165, 1.54) is 0 Å². The number of aromatic nitrogens is 3. The first-order chi connectivity index (χ1) is 14.0. The first-order valence-electron chi connectivity index (χ1n) is 9.31. The van der Waals surface area contributed by atoms with Crippen LogP contribution in [0.1, 0.15) is 33.1 Å². The van der Waals surface area contributed by atoms with Gasteiger partial charge in [-0.3, -0.25) is 9.48 Å². The highest BCUT2D eigenvalue weighted by molar-refractivity contribution is 5.97. The third-order valence-electron chi connectivity index (χ3n) is 4.76. The number of rotatable bonds is 6. The fourth-order valence-corrected chi connectivity index (χ4v) is 3.21. The predicted molar refractivity (Wildman–Crippen MR) is 109 cm³/mol. The average molecular weight is 390 g/mol. The molecule has 1 amide bonds. The molecule has 4 rings (SSSR count). The molecular formula is C22H22N4O3. The Balaban J connectivity index is 1.47. The third-order valence-corrected chi connectivity index (χ3v) is 4.76. The van der Waals surface area contributed by atoms with Crippen molar-refractivity contribution < 1.29 is 13.9 Å². The van der Waals surface area contributed by atoms with Gasteiger partial charge in [0.15, 0.2) is 11.5 Å². The van der Waals surface area contributed by atoms with E-state index in [4.69, 9.17) is 9.15 Å². The molecule has 0 aliphatic carbocycles. The minimum Gasteiger partial charge on any atom is -0.497 e. The summed E-state index contributed by atoms with van der Waals surface area (Å²) >= 11 is 0. The van der Waals surface area contributed by atoms with Crippen molar-refractivity contribution in [3.05, 3.63) is 76.9 Å². The maximum absolute atomic E-state index is 12.5. The number of methoxy groups -OCH3 is 1. The number of amides is 1. The Labute approximate surface area is 168 Å². The molecule has 7 heteroatoms. The Morgan fingerprint density at radius 1 is 1.21 bits per heavy atom. The summed E-state index contributed by atoms with van der Waals surface area (Å²) in [6.45, 7) is 2.35. The van der Waals surface area contributed by atoms with Crippen LogP contribution in [0, 0.1) is 6.92 Å². The molecule has 0 aliphatic heterocycles. The lowest BCUT2D eigenvalue weighted by molar-refractivity contribution is 0.0951. The van der Waals surface area contributed by atoms with E-state index in [0.29, 0.717) is 30.0 Å². The highest BCUT2D eigenvalue weighted by Crippen LogP contribution is 2.21. The van der Waals surface area contributed by atoms with Crippen LogP contribution in [0.2, 0.25) is 0 Å². The Hall–Kier alpha value is -3.61. The lowest BCUT2D eigenvalue weighted by Gasteiger charge is -2.04. The fraction of sp³-hybridized carbons (Fsp3) is 0.227. The number of carbonyl (C=O) groups is 1. The standard InChI is InChI=1S/C22H22N4O3/c1-14-17(13-26(2)25-14)12-23-22(27)16-6-9-19-20(11-16)29-21(24-19)10-15-4-7-18(28-3)8-5-15/h4-9,11,13H,10,12H2,1-3H3,(H,23,27). The van der Waals surface area contributed by atoms with Gasteiger partial charge in [-0.15, -0.1) is 0 Å². The third kappa shape index (κ3) is 4.13. The summed E-state index contributed by atoms with van der Waals surface area (Å²) in [5, 5.41) is 7.21. The number of hydrogen-bond donors (Lipinski definition) is 1. The smallest absolute Gasteiger partial charge is 0.251 e. The summed E-state index contributed by atoms with van der Waals surface area (Å²) in [4.78, 5) is 17.0. The molecule has 29 heavy (non-hydrogen) atoms. The van der Waals surface area contributed by atoms with Crippen molar-refractivity contribution in [2.45, 2.75) is 19.9 Å². The molecule has 4 aromatic rings. The van der Waals surface area contributed by atoms with Gasteiger partial charge in [-0.05, 0) is 42.8 Å². The fourth-order valence-electron chi connectivity index (χ4n) is 3.21. The van der Waals surface area contributed by atoms with Gasteiger partial charge in [0.1, 0.15) is 11.3 Å². The number of aryl methyl sites for hydroxylation is 2. The topological polar surface area (TPSA) is 82.2 Å². The van der Waals surface area contributed by atoms with Crippen molar-refractivity contribution in [3.63, 3.8) is 0 Å². The van der Waals surface area contributed by atoms with Gasteiger partial charge in [-0.25, -0.2) is 4.98 Å². The number of benzene rings is 2. The molecule has 2 heterocycles. The van der Waals surface area contributed by atoms with Crippen LogP contribution in [-0.4, -0.2) is 27.8 Å². The van der Waals surface area contributed by atoms with E-state index in [1.807, 2.05) is 44.4 Å². The number of nitrogens with zero attached hydrogens (tertiary/aromatic N) is 3. The van der Waals surface area contributed by atoms with Crippen molar-refractivity contribution in [2.24, 2.45) is 7.05 Å². The summed E-state index contributed by atoms with van der Waals surface area (Å²) in [6, 6.07) is 13.1. The van der Waals surface area contributed by atoms with Crippen LogP contribution in [0.15, 0.2) is 53.1 Å². The van der Waals surface area contributed by atoms with E-state index in [-0.39, 0.29) is 5.91 Å². The van der Waals surface area contributed by atoms with Crippen molar-refractivity contribution >= 4 is 17.0 Å². The van der Waals surface area contributed by atoms with Gasteiger partial charge in [0.25, 0.3) is 5.91 Å². The summed E-state index contributed by atoms with van der Waals surface area (Å²) in [5.41, 5.74) is 4.82. The second kappa shape index (κ2) is 7.79. The Morgan fingerprint density at radius 2 is 2.00 bits per heavy atom. The van der Waals surface area contributed by atoms with E-state index in [0.717, 1.165) is 28.1 Å². The molecule has 0 spiro atoms. The number of hydrogen-bond acceptors (Lipinski definition) is 5. The van der Waals surface area contributed by atoms with Crippen molar-refractivity contribution in [1.29, 1.82) is 0 Å². The highest BCUT2D eigenvalue weighted by atomic mass is 16.5. The first-order valence-corrected chi connectivity index (χ1v) is 9.31. The van der Waals surface area contributed by atoms with E-state index < -0.39 is 0 Å². The second-order valence-corrected chi connectivity index (χ2v) is 6.91. The molecule has 0 bridgehead atoms. The lowest BCUT2D eigenvalue weighted by atomic mass is 10.1. The van der Waals surface area contributed by atoms with E-state index in [9.17, 15) is 4.79 Å². The van der Waals surface area contributed by atoms with E-state index >= 15 is 0 Å². The first kappa shape index (κ1) is 18.7. The Kier molecular flexibility index (Phi) is 5.03.